The Morgan fingerprint density at radius 3 is 0.889 bits per heavy atom. The third kappa shape index (κ3) is 33.6. The quantitative estimate of drug-likeness (QED) is 0.0390. The zero-order chi connectivity index (χ0) is 33.1. The number of carbonyl (C=O) groups excluding carboxylic acids is 3. The number of rotatable bonds is 35. The average molecular weight is 639 g/mol. The molecular formula is C39H74O6. The molecule has 0 fully saturated rings. The lowest BCUT2D eigenvalue weighted by molar-refractivity contribution is -0.167. The highest BCUT2D eigenvalue weighted by atomic mass is 16.6. The van der Waals surface area contributed by atoms with Crippen molar-refractivity contribution in [2.45, 2.75) is 219 Å². The average Bonchev–Trinajstić information content (AvgIpc) is 3.03. The molecular weight excluding hydrogens is 564 g/mol. The van der Waals surface area contributed by atoms with E-state index >= 15 is 0 Å². The maximum atomic E-state index is 12.4. The second-order valence-electron chi connectivity index (χ2n) is 13.2. The van der Waals surface area contributed by atoms with Crippen LogP contribution >= 0.6 is 0 Å². The number of hydrogen-bond acceptors (Lipinski definition) is 6. The van der Waals surface area contributed by atoms with E-state index in [0.717, 1.165) is 64.2 Å². The predicted molar refractivity (Wildman–Crippen MR) is 187 cm³/mol. The van der Waals surface area contributed by atoms with E-state index in [-0.39, 0.29) is 31.1 Å². The van der Waals surface area contributed by atoms with E-state index in [1.807, 2.05) is 0 Å². The van der Waals surface area contributed by atoms with Crippen molar-refractivity contribution in [1.82, 2.24) is 0 Å². The highest BCUT2D eigenvalue weighted by Gasteiger charge is 2.19. The van der Waals surface area contributed by atoms with Crippen molar-refractivity contribution in [2.75, 3.05) is 13.2 Å². The van der Waals surface area contributed by atoms with Crippen molar-refractivity contribution >= 4 is 17.9 Å². The number of hydrogen-bond donors (Lipinski definition) is 0. The third-order valence-corrected chi connectivity index (χ3v) is 8.61. The van der Waals surface area contributed by atoms with Crippen LogP contribution in [0.25, 0.3) is 0 Å². The Kier molecular flexibility index (Phi) is 34.0. The Bertz CT molecular complexity index is 664. The summed E-state index contributed by atoms with van der Waals surface area (Å²) >= 11 is 0. The van der Waals surface area contributed by atoms with Crippen LogP contribution in [0.5, 0.6) is 0 Å². The van der Waals surface area contributed by atoms with E-state index in [1.165, 1.54) is 109 Å². The highest BCUT2D eigenvalue weighted by molar-refractivity contribution is 5.71. The molecule has 0 saturated carbocycles. The van der Waals surface area contributed by atoms with E-state index in [1.54, 1.807) is 0 Å². The SMILES string of the molecule is CCCCCCCCCCCCCCCCCCC(=O)OCC(COC(=O)CCCCCCC)OC(=O)CCCCCCCC. The van der Waals surface area contributed by atoms with Crippen molar-refractivity contribution in [3.05, 3.63) is 0 Å². The molecule has 0 rings (SSSR count). The maximum absolute atomic E-state index is 12.4. The van der Waals surface area contributed by atoms with Gasteiger partial charge >= 0.3 is 17.9 Å². The van der Waals surface area contributed by atoms with Gasteiger partial charge in [-0.25, -0.2) is 0 Å². The lowest BCUT2D eigenvalue weighted by Gasteiger charge is -2.18. The molecule has 45 heavy (non-hydrogen) atoms. The summed E-state index contributed by atoms with van der Waals surface area (Å²) in [7, 11) is 0. The molecule has 0 aliphatic heterocycles. The first kappa shape index (κ1) is 43.4. The van der Waals surface area contributed by atoms with Gasteiger partial charge in [0.05, 0.1) is 0 Å². The van der Waals surface area contributed by atoms with Crippen LogP contribution in [0.4, 0.5) is 0 Å². The van der Waals surface area contributed by atoms with Crippen molar-refractivity contribution in [3.8, 4) is 0 Å². The lowest BCUT2D eigenvalue weighted by atomic mass is 10.0. The molecule has 0 amide bonds. The van der Waals surface area contributed by atoms with E-state index < -0.39 is 6.10 Å². The number of carbonyl (C=O) groups is 3. The van der Waals surface area contributed by atoms with Crippen molar-refractivity contribution in [3.63, 3.8) is 0 Å². The molecule has 0 aliphatic carbocycles. The fourth-order valence-corrected chi connectivity index (χ4v) is 5.62. The van der Waals surface area contributed by atoms with E-state index in [2.05, 4.69) is 20.8 Å². The Morgan fingerprint density at radius 1 is 0.356 bits per heavy atom. The van der Waals surface area contributed by atoms with Crippen molar-refractivity contribution in [1.29, 1.82) is 0 Å². The summed E-state index contributed by atoms with van der Waals surface area (Å²) in [5, 5.41) is 0. The summed E-state index contributed by atoms with van der Waals surface area (Å²) in [4.78, 5) is 37.0. The van der Waals surface area contributed by atoms with Crippen LogP contribution in [-0.2, 0) is 28.6 Å². The van der Waals surface area contributed by atoms with Crippen LogP contribution in [-0.4, -0.2) is 37.2 Å². The Balaban J connectivity index is 4.09. The molecule has 0 saturated heterocycles. The molecule has 1 unspecified atom stereocenters. The zero-order valence-electron chi connectivity index (χ0n) is 30.2. The Hall–Kier alpha value is -1.59. The van der Waals surface area contributed by atoms with Crippen LogP contribution in [0.1, 0.15) is 213 Å². The van der Waals surface area contributed by atoms with E-state index in [0.29, 0.717) is 19.3 Å². The molecule has 0 aliphatic rings. The topological polar surface area (TPSA) is 78.9 Å². The van der Waals surface area contributed by atoms with Crippen LogP contribution in [0.2, 0.25) is 0 Å². The first-order valence-corrected chi connectivity index (χ1v) is 19.5. The molecule has 0 bridgehead atoms. The van der Waals surface area contributed by atoms with Gasteiger partial charge in [0, 0.05) is 19.3 Å². The second-order valence-corrected chi connectivity index (χ2v) is 13.2. The highest BCUT2D eigenvalue weighted by Crippen LogP contribution is 2.15. The van der Waals surface area contributed by atoms with E-state index in [4.69, 9.17) is 14.2 Å². The van der Waals surface area contributed by atoms with Gasteiger partial charge in [-0.15, -0.1) is 0 Å². The molecule has 266 valence electrons. The molecule has 0 N–H and O–H groups in total. The number of esters is 3. The smallest absolute Gasteiger partial charge is 0.306 e. The van der Waals surface area contributed by atoms with Crippen molar-refractivity contribution in [2.24, 2.45) is 0 Å². The van der Waals surface area contributed by atoms with Crippen molar-refractivity contribution < 1.29 is 28.6 Å². The molecule has 0 heterocycles. The van der Waals surface area contributed by atoms with Gasteiger partial charge in [-0.05, 0) is 19.3 Å². The maximum Gasteiger partial charge on any atom is 0.306 e. The predicted octanol–water partition coefficient (Wildman–Crippen LogP) is 11.7. The van der Waals surface area contributed by atoms with Crippen LogP contribution in [0.3, 0.4) is 0 Å². The van der Waals surface area contributed by atoms with Gasteiger partial charge in [0.1, 0.15) is 13.2 Å². The minimum atomic E-state index is -0.753. The lowest BCUT2D eigenvalue weighted by Crippen LogP contribution is -2.30. The van der Waals surface area contributed by atoms with Gasteiger partial charge < -0.3 is 14.2 Å². The summed E-state index contributed by atoms with van der Waals surface area (Å²) in [6.07, 6.45) is 32.8. The first-order valence-electron chi connectivity index (χ1n) is 19.5. The van der Waals surface area contributed by atoms with Gasteiger partial charge in [0.2, 0.25) is 0 Å². The Labute approximate surface area is 278 Å². The minimum absolute atomic E-state index is 0.0658. The van der Waals surface area contributed by atoms with Crippen LogP contribution < -0.4 is 0 Å². The second kappa shape index (κ2) is 35.3. The van der Waals surface area contributed by atoms with Crippen LogP contribution in [0.15, 0.2) is 0 Å². The monoisotopic (exact) mass is 639 g/mol. The number of ether oxygens (including phenoxy) is 3. The summed E-state index contributed by atoms with van der Waals surface area (Å²) in [6.45, 7) is 6.49. The fourth-order valence-electron chi connectivity index (χ4n) is 5.62. The summed E-state index contributed by atoms with van der Waals surface area (Å²) in [5.74, 6) is -0.887. The first-order chi connectivity index (χ1) is 22.0. The van der Waals surface area contributed by atoms with Crippen LogP contribution in [0, 0.1) is 0 Å². The summed E-state index contributed by atoms with van der Waals surface area (Å²) in [5.41, 5.74) is 0. The van der Waals surface area contributed by atoms with Gasteiger partial charge in [0.25, 0.3) is 0 Å². The standard InChI is InChI=1S/C39H74O6/c1-4-7-10-13-15-16-17-18-19-20-21-22-23-24-27-29-32-38(41)44-35-36(34-43-37(40)31-28-25-12-9-6-3)45-39(42)33-30-26-14-11-8-5-2/h36H,4-35H2,1-3H3. The summed E-state index contributed by atoms with van der Waals surface area (Å²) < 4.78 is 16.4. The van der Waals surface area contributed by atoms with Gasteiger partial charge in [0.15, 0.2) is 6.10 Å². The molecule has 0 aromatic heterocycles. The van der Waals surface area contributed by atoms with Gasteiger partial charge in [-0.2, -0.15) is 0 Å². The molecule has 1 atom stereocenters. The molecule has 0 aromatic carbocycles. The number of unbranched alkanes of at least 4 members (excludes halogenated alkanes) is 24. The summed E-state index contributed by atoms with van der Waals surface area (Å²) in [6, 6.07) is 0. The molecule has 6 heteroatoms. The molecule has 0 radical (unpaired) electrons. The normalized spacial score (nSPS) is 11.8. The third-order valence-electron chi connectivity index (χ3n) is 8.61. The minimum Gasteiger partial charge on any atom is -0.462 e. The molecule has 6 nitrogen and oxygen atoms in total. The van der Waals surface area contributed by atoms with Gasteiger partial charge in [-0.1, -0.05) is 175 Å². The zero-order valence-corrected chi connectivity index (χ0v) is 30.2. The van der Waals surface area contributed by atoms with Gasteiger partial charge in [-0.3, -0.25) is 14.4 Å². The fraction of sp³-hybridized carbons (Fsp3) is 0.923. The molecule has 0 spiro atoms. The van der Waals surface area contributed by atoms with E-state index in [9.17, 15) is 14.4 Å². The molecule has 0 aromatic rings. The largest absolute Gasteiger partial charge is 0.462 e. The Morgan fingerprint density at radius 2 is 0.600 bits per heavy atom.